The second-order valence-corrected chi connectivity index (χ2v) is 5.33. The minimum absolute atomic E-state index is 0.00216. The van der Waals surface area contributed by atoms with E-state index in [1.165, 1.54) is 0 Å². The van der Waals surface area contributed by atoms with Crippen molar-refractivity contribution in [2.45, 2.75) is 26.0 Å². The molecule has 6 heteroatoms. The molecule has 0 aromatic carbocycles. The molecule has 1 fully saturated rings. The molecular formula is C15H18N4O2. The summed E-state index contributed by atoms with van der Waals surface area (Å²) in [6.45, 7) is 5.17. The van der Waals surface area contributed by atoms with E-state index in [-0.39, 0.29) is 18.1 Å². The van der Waals surface area contributed by atoms with Crippen molar-refractivity contribution in [2.75, 3.05) is 13.2 Å². The molecular weight excluding hydrogens is 268 g/mol. The summed E-state index contributed by atoms with van der Waals surface area (Å²) in [5, 5.41) is 0. The summed E-state index contributed by atoms with van der Waals surface area (Å²) in [5.74, 6) is 0.745. The minimum atomic E-state index is 0.00216. The van der Waals surface area contributed by atoms with Crippen LogP contribution >= 0.6 is 0 Å². The van der Waals surface area contributed by atoms with Crippen molar-refractivity contribution in [1.82, 2.24) is 19.4 Å². The van der Waals surface area contributed by atoms with Crippen molar-refractivity contribution < 1.29 is 9.53 Å². The quantitative estimate of drug-likeness (QED) is 0.839. The van der Waals surface area contributed by atoms with Crippen LogP contribution in [0.3, 0.4) is 0 Å². The highest BCUT2D eigenvalue weighted by Gasteiger charge is 2.28. The van der Waals surface area contributed by atoms with Crippen molar-refractivity contribution in [1.29, 1.82) is 0 Å². The normalized spacial score (nSPS) is 22.3. The van der Waals surface area contributed by atoms with E-state index in [4.69, 9.17) is 4.74 Å². The molecule has 3 rings (SSSR count). The van der Waals surface area contributed by atoms with Gasteiger partial charge in [0.25, 0.3) is 5.91 Å². The van der Waals surface area contributed by atoms with E-state index in [1.807, 2.05) is 31.0 Å². The zero-order valence-electron chi connectivity index (χ0n) is 12.1. The van der Waals surface area contributed by atoms with Crippen LogP contribution in [0.4, 0.5) is 0 Å². The number of amides is 1. The fraction of sp³-hybridized carbons (Fsp3) is 0.400. The van der Waals surface area contributed by atoms with Crippen LogP contribution in [0.15, 0.2) is 37.1 Å². The lowest BCUT2D eigenvalue weighted by molar-refractivity contribution is -0.0387. The average Bonchev–Trinajstić information content (AvgIpc) is 3.03. The number of morpholine rings is 1. The number of ether oxygens (including phenoxy) is 1. The van der Waals surface area contributed by atoms with E-state index >= 15 is 0 Å². The smallest absolute Gasteiger partial charge is 0.255 e. The van der Waals surface area contributed by atoms with Gasteiger partial charge < -0.3 is 9.64 Å². The molecule has 2 aromatic heterocycles. The van der Waals surface area contributed by atoms with Gasteiger partial charge in [-0.15, -0.1) is 0 Å². The number of hydrogen-bond donors (Lipinski definition) is 0. The third-order valence-electron chi connectivity index (χ3n) is 3.63. The lowest BCUT2D eigenvalue weighted by Gasteiger charge is -2.36. The highest BCUT2D eigenvalue weighted by molar-refractivity contribution is 5.94. The molecule has 2 atom stereocenters. The molecule has 3 heterocycles. The Labute approximate surface area is 123 Å². The molecule has 6 nitrogen and oxygen atoms in total. The van der Waals surface area contributed by atoms with Crippen LogP contribution in [0.1, 0.15) is 24.2 Å². The molecule has 1 aliphatic rings. The molecule has 0 bridgehead atoms. The Balaban J connectivity index is 1.78. The molecule has 0 spiro atoms. The van der Waals surface area contributed by atoms with Crippen LogP contribution in [0, 0.1) is 0 Å². The second kappa shape index (κ2) is 5.65. The van der Waals surface area contributed by atoms with Gasteiger partial charge in [-0.2, -0.15) is 0 Å². The van der Waals surface area contributed by atoms with Gasteiger partial charge in [0.1, 0.15) is 12.1 Å². The molecule has 1 aliphatic heterocycles. The van der Waals surface area contributed by atoms with E-state index in [2.05, 4.69) is 9.97 Å². The molecule has 2 aromatic rings. The van der Waals surface area contributed by atoms with Crippen molar-refractivity contribution in [3.05, 3.63) is 42.6 Å². The number of carbonyl (C=O) groups excluding carboxylic acids is 1. The Bertz CT molecular complexity index is 609. The van der Waals surface area contributed by atoms with Gasteiger partial charge in [-0.1, -0.05) is 0 Å². The summed E-state index contributed by atoms with van der Waals surface area (Å²) in [5.41, 5.74) is 0.597. The zero-order valence-corrected chi connectivity index (χ0v) is 12.1. The SMILES string of the molecule is CC1CN(C(=O)c2ccc(-n3ccnc3)nc2)C(C)CO1. The van der Waals surface area contributed by atoms with Crippen molar-refractivity contribution in [2.24, 2.45) is 0 Å². The maximum absolute atomic E-state index is 12.6. The largest absolute Gasteiger partial charge is 0.375 e. The van der Waals surface area contributed by atoms with Crippen LogP contribution in [0.2, 0.25) is 0 Å². The maximum atomic E-state index is 12.6. The van der Waals surface area contributed by atoms with Crippen LogP contribution in [0.5, 0.6) is 0 Å². The van der Waals surface area contributed by atoms with E-state index in [0.717, 1.165) is 5.82 Å². The van der Waals surface area contributed by atoms with Crippen LogP contribution in [-0.4, -0.2) is 50.6 Å². The summed E-state index contributed by atoms with van der Waals surface area (Å²) >= 11 is 0. The molecule has 0 saturated carbocycles. The maximum Gasteiger partial charge on any atom is 0.255 e. The predicted octanol–water partition coefficient (Wildman–Crippen LogP) is 1.52. The van der Waals surface area contributed by atoms with Crippen LogP contribution < -0.4 is 0 Å². The summed E-state index contributed by atoms with van der Waals surface area (Å²) in [7, 11) is 0. The van der Waals surface area contributed by atoms with Gasteiger partial charge in [-0.05, 0) is 26.0 Å². The highest BCUT2D eigenvalue weighted by Crippen LogP contribution is 2.15. The Morgan fingerprint density at radius 2 is 2.24 bits per heavy atom. The lowest BCUT2D eigenvalue weighted by Crippen LogP contribution is -2.50. The monoisotopic (exact) mass is 286 g/mol. The van der Waals surface area contributed by atoms with Crippen LogP contribution in [-0.2, 0) is 4.74 Å². The first kappa shape index (κ1) is 13.8. The zero-order chi connectivity index (χ0) is 14.8. The fourth-order valence-electron chi connectivity index (χ4n) is 2.41. The van der Waals surface area contributed by atoms with Gasteiger partial charge in [0, 0.05) is 25.1 Å². The van der Waals surface area contributed by atoms with Crippen molar-refractivity contribution in [3.63, 3.8) is 0 Å². The first-order valence-electron chi connectivity index (χ1n) is 7.02. The molecule has 1 amide bonds. The molecule has 0 radical (unpaired) electrons. The second-order valence-electron chi connectivity index (χ2n) is 5.33. The summed E-state index contributed by atoms with van der Waals surface area (Å²) in [4.78, 5) is 22.7. The van der Waals surface area contributed by atoms with Gasteiger partial charge in [0.05, 0.1) is 24.3 Å². The van der Waals surface area contributed by atoms with Crippen molar-refractivity contribution in [3.8, 4) is 5.82 Å². The van der Waals surface area contributed by atoms with E-state index in [0.29, 0.717) is 18.7 Å². The third-order valence-corrected chi connectivity index (χ3v) is 3.63. The number of hydrogen-bond acceptors (Lipinski definition) is 4. The first-order chi connectivity index (χ1) is 10.1. The first-order valence-corrected chi connectivity index (χ1v) is 7.02. The van der Waals surface area contributed by atoms with E-state index in [9.17, 15) is 4.79 Å². The van der Waals surface area contributed by atoms with Gasteiger partial charge in [-0.25, -0.2) is 9.97 Å². The number of carbonyl (C=O) groups is 1. The minimum Gasteiger partial charge on any atom is -0.375 e. The average molecular weight is 286 g/mol. The standard InChI is InChI=1S/C15H18N4O2/c1-11-9-21-12(2)8-19(11)15(20)13-3-4-14(17-7-13)18-6-5-16-10-18/h3-7,10-12H,8-9H2,1-2H3. The molecule has 1 saturated heterocycles. The van der Waals surface area contributed by atoms with Gasteiger partial charge in [0.15, 0.2) is 0 Å². The number of pyridine rings is 1. The van der Waals surface area contributed by atoms with E-state index < -0.39 is 0 Å². The van der Waals surface area contributed by atoms with E-state index in [1.54, 1.807) is 29.4 Å². The number of nitrogens with zero attached hydrogens (tertiary/aromatic N) is 4. The number of rotatable bonds is 2. The van der Waals surface area contributed by atoms with Crippen molar-refractivity contribution >= 4 is 5.91 Å². The molecule has 2 unspecified atom stereocenters. The topological polar surface area (TPSA) is 60.2 Å². The molecule has 0 aliphatic carbocycles. The Hall–Kier alpha value is -2.21. The summed E-state index contributed by atoms with van der Waals surface area (Å²) in [6, 6.07) is 3.71. The molecule has 0 N–H and O–H groups in total. The molecule has 21 heavy (non-hydrogen) atoms. The Kier molecular flexibility index (Phi) is 3.70. The summed E-state index contributed by atoms with van der Waals surface area (Å²) in [6.07, 6.45) is 6.87. The molecule has 110 valence electrons. The Morgan fingerprint density at radius 1 is 1.38 bits per heavy atom. The Morgan fingerprint density at radius 3 is 2.90 bits per heavy atom. The third kappa shape index (κ3) is 2.80. The predicted molar refractivity (Wildman–Crippen MR) is 77.3 cm³/mol. The lowest BCUT2D eigenvalue weighted by atomic mass is 10.1. The number of imidazole rings is 1. The highest BCUT2D eigenvalue weighted by atomic mass is 16.5. The van der Waals surface area contributed by atoms with Gasteiger partial charge in [-0.3, -0.25) is 9.36 Å². The fourth-order valence-corrected chi connectivity index (χ4v) is 2.41. The van der Waals surface area contributed by atoms with Gasteiger partial charge >= 0.3 is 0 Å². The summed E-state index contributed by atoms with van der Waals surface area (Å²) < 4.78 is 7.35. The number of aromatic nitrogens is 3. The van der Waals surface area contributed by atoms with Crippen LogP contribution in [0.25, 0.3) is 5.82 Å². The van der Waals surface area contributed by atoms with Gasteiger partial charge in [0.2, 0.25) is 0 Å².